The topological polar surface area (TPSA) is 0 Å². The highest BCUT2D eigenvalue weighted by atomic mass is 13.9. The van der Waals surface area contributed by atoms with Crippen molar-refractivity contribution in [2.45, 2.75) is 25.7 Å². The summed E-state index contributed by atoms with van der Waals surface area (Å²) >= 11 is 0. The van der Waals surface area contributed by atoms with Crippen LogP contribution in [0.3, 0.4) is 0 Å². The van der Waals surface area contributed by atoms with Crippen molar-refractivity contribution in [3.8, 4) is 0 Å². The van der Waals surface area contributed by atoms with Gasteiger partial charge in [-0.05, 0) is 32.1 Å². The van der Waals surface area contributed by atoms with Crippen molar-refractivity contribution in [3.05, 3.63) is 55.0 Å². The molecule has 0 aromatic carbocycles. The van der Waals surface area contributed by atoms with E-state index in [-0.39, 0.29) is 0 Å². The van der Waals surface area contributed by atoms with Gasteiger partial charge in [0.2, 0.25) is 0 Å². The molecule has 1 aliphatic rings. The van der Waals surface area contributed by atoms with Crippen molar-refractivity contribution in [1.29, 1.82) is 0 Å². The van der Waals surface area contributed by atoms with E-state index in [4.69, 9.17) is 0 Å². The van der Waals surface area contributed by atoms with E-state index in [0.29, 0.717) is 0 Å². The summed E-state index contributed by atoms with van der Waals surface area (Å²) in [6.07, 6.45) is 24.0. The van der Waals surface area contributed by atoms with Gasteiger partial charge in [0.15, 0.2) is 0 Å². The van der Waals surface area contributed by atoms with E-state index in [1.165, 1.54) is 0 Å². The van der Waals surface area contributed by atoms with Crippen LogP contribution in [0.5, 0.6) is 0 Å². The van der Waals surface area contributed by atoms with Crippen LogP contribution in [0.4, 0.5) is 0 Å². The fourth-order valence-electron chi connectivity index (χ4n) is 1.14. The molecule has 0 saturated carbocycles. The molecular formula is C13H17. The van der Waals surface area contributed by atoms with Crippen LogP contribution in [0.25, 0.3) is 0 Å². The Morgan fingerprint density at radius 3 is 1.46 bits per heavy atom. The van der Waals surface area contributed by atoms with E-state index >= 15 is 0 Å². The molecule has 1 aliphatic carbocycles. The number of rotatable bonds is 0. The minimum atomic E-state index is 1.05. The number of hydrogen-bond donors (Lipinski definition) is 0. The number of allylic oxidation sites excluding steroid dienone is 8. The molecule has 13 heavy (non-hydrogen) atoms. The van der Waals surface area contributed by atoms with Crippen LogP contribution in [0.2, 0.25) is 0 Å². The van der Waals surface area contributed by atoms with Crippen LogP contribution in [0.1, 0.15) is 25.7 Å². The van der Waals surface area contributed by atoms with Gasteiger partial charge in [0.25, 0.3) is 0 Å². The predicted octanol–water partition coefficient (Wildman–Crippen LogP) is 3.99. The Morgan fingerprint density at radius 2 is 0.923 bits per heavy atom. The second-order valence-electron chi connectivity index (χ2n) is 3.03. The highest BCUT2D eigenvalue weighted by molar-refractivity contribution is 5.07. The Balaban J connectivity index is 2.38. The molecule has 1 rings (SSSR count). The lowest BCUT2D eigenvalue weighted by Crippen LogP contribution is -1.70. The first-order valence-electron chi connectivity index (χ1n) is 4.93. The third kappa shape index (κ3) is 6.15. The standard InChI is InChI=1S/C13H17/c1-2-4-6-8-10-12-13-11-9-7-5-3-1/h1-4,7-10,13H,5-6,11-12H2. The molecule has 0 fully saturated rings. The Hall–Kier alpha value is -1.04. The van der Waals surface area contributed by atoms with Gasteiger partial charge in [-0.1, -0.05) is 48.6 Å². The molecule has 0 aliphatic heterocycles. The minimum Gasteiger partial charge on any atom is -0.0879 e. The number of hydrogen-bond acceptors (Lipinski definition) is 0. The lowest BCUT2D eigenvalue weighted by atomic mass is 10.2. The van der Waals surface area contributed by atoms with Gasteiger partial charge in [-0.25, -0.2) is 0 Å². The van der Waals surface area contributed by atoms with Crippen LogP contribution < -0.4 is 0 Å². The van der Waals surface area contributed by atoms with Gasteiger partial charge in [0.1, 0.15) is 0 Å². The van der Waals surface area contributed by atoms with Crippen molar-refractivity contribution >= 4 is 0 Å². The fourth-order valence-corrected chi connectivity index (χ4v) is 1.14. The predicted molar refractivity (Wildman–Crippen MR) is 59.3 cm³/mol. The van der Waals surface area contributed by atoms with Crippen molar-refractivity contribution in [1.82, 2.24) is 0 Å². The summed E-state index contributed by atoms with van der Waals surface area (Å²) in [5, 5.41) is 0. The van der Waals surface area contributed by atoms with Gasteiger partial charge in [-0.3, -0.25) is 0 Å². The molecule has 0 aromatic rings. The van der Waals surface area contributed by atoms with Gasteiger partial charge in [-0.15, -0.1) is 0 Å². The van der Waals surface area contributed by atoms with E-state index in [1.54, 1.807) is 0 Å². The van der Waals surface area contributed by atoms with Crippen molar-refractivity contribution < 1.29 is 0 Å². The highest BCUT2D eigenvalue weighted by Crippen LogP contribution is 2.00. The van der Waals surface area contributed by atoms with Crippen LogP contribution in [0.15, 0.2) is 48.6 Å². The first-order chi connectivity index (χ1) is 6.50. The summed E-state index contributed by atoms with van der Waals surface area (Å²) < 4.78 is 0. The normalized spacial score (nSPS) is 19.1. The molecule has 0 bridgehead atoms. The lowest BCUT2D eigenvalue weighted by molar-refractivity contribution is 1.09. The van der Waals surface area contributed by atoms with Gasteiger partial charge < -0.3 is 0 Å². The summed E-state index contributed by atoms with van der Waals surface area (Å²) in [7, 11) is 0. The maximum Gasteiger partial charge on any atom is -0.0166 e. The fraction of sp³-hybridized carbons (Fsp3) is 0.308. The Labute approximate surface area is 81.4 Å². The molecule has 0 unspecified atom stereocenters. The van der Waals surface area contributed by atoms with Gasteiger partial charge >= 0.3 is 0 Å². The van der Waals surface area contributed by atoms with E-state index in [1.807, 2.05) is 0 Å². The SMILES string of the molecule is [CH]1CC=CCC=CC=CCC=CC1. The molecule has 69 valence electrons. The Kier molecular flexibility index (Phi) is 5.87. The molecule has 0 amide bonds. The van der Waals surface area contributed by atoms with E-state index < -0.39 is 0 Å². The monoisotopic (exact) mass is 173 g/mol. The second kappa shape index (κ2) is 7.60. The van der Waals surface area contributed by atoms with Crippen LogP contribution >= 0.6 is 0 Å². The molecule has 0 heteroatoms. The van der Waals surface area contributed by atoms with Gasteiger partial charge in [0.05, 0.1) is 0 Å². The smallest absolute Gasteiger partial charge is 0.0166 e. The van der Waals surface area contributed by atoms with Crippen LogP contribution in [-0.2, 0) is 0 Å². The summed E-state index contributed by atoms with van der Waals surface area (Å²) in [5.41, 5.74) is 0. The largest absolute Gasteiger partial charge is 0.0879 e. The minimum absolute atomic E-state index is 1.05. The van der Waals surface area contributed by atoms with Gasteiger partial charge in [-0.2, -0.15) is 0 Å². The maximum absolute atomic E-state index is 2.29. The van der Waals surface area contributed by atoms with Crippen molar-refractivity contribution in [2.24, 2.45) is 0 Å². The van der Waals surface area contributed by atoms with Gasteiger partial charge in [0, 0.05) is 0 Å². The maximum atomic E-state index is 2.29. The third-order valence-corrected chi connectivity index (χ3v) is 1.87. The van der Waals surface area contributed by atoms with Crippen molar-refractivity contribution in [2.75, 3.05) is 0 Å². The molecule has 0 heterocycles. The third-order valence-electron chi connectivity index (χ3n) is 1.87. The molecule has 1 radical (unpaired) electrons. The zero-order chi connectivity index (χ0) is 9.19. The quantitative estimate of drug-likeness (QED) is 0.486. The Morgan fingerprint density at radius 1 is 0.462 bits per heavy atom. The van der Waals surface area contributed by atoms with E-state index in [9.17, 15) is 0 Å². The average molecular weight is 173 g/mol. The summed E-state index contributed by atoms with van der Waals surface area (Å²) in [6.45, 7) is 0. The molecule has 0 atom stereocenters. The molecule has 0 N–H and O–H groups in total. The van der Waals surface area contributed by atoms with Crippen molar-refractivity contribution in [3.63, 3.8) is 0 Å². The zero-order valence-corrected chi connectivity index (χ0v) is 8.02. The molecule has 0 aromatic heterocycles. The molecular weight excluding hydrogens is 156 g/mol. The summed E-state index contributed by atoms with van der Waals surface area (Å²) in [5.74, 6) is 0. The molecule has 0 saturated heterocycles. The lowest BCUT2D eigenvalue weighted by Gasteiger charge is -1.88. The summed E-state index contributed by atoms with van der Waals surface area (Å²) in [6, 6.07) is 0. The highest BCUT2D eigenvalue weighted by Gasteiger charge is 1.81. The first-order valence-corrected chi connectivity index (χ1v) is 4.93. The average Bonchev–Trinajstić information content (AvgIpc) is 2.18. The van der Waals surface area contributed by atoms with Crippen LogP contribution in [-0.4, -0.2) is 0 Å². The molecule has 0 spiro atoms. The molecule has 0 nitrogen and oxygen atoms in total. The summed E-state index contributed by atoms with van der Waals surface area (Å²) in [4.78, 5) is 0. The van der Waals surface area contributed by atoms with E-state index in [0.717, 1.165) is 25.7 Å². The zero-order valence-electron chi connectivity index (χ0n) is 8.02. The Bertz CT molecular complexity index is 192. The van der Waals surface area contributed by atoms with E-state index in [2.05, 4.69) is 55.0 Å². The first kappa shape index (κ1) is 10.0. The second-order valence-corrected chi connectivity index (χ2v) is 3.03. The van der Waals surface area contributed by atoms with Crippen LogP contribution in [0, 0.1) is 6.42 Å².